The summed E-state index contributed by atoms with van der Waals surface area (Å²) < 4.78 is 19.9. The van der Waals surface area contributed by atoms with Crippen LogP contribution in [0.25, 0.3) is 5.78 Å². The first-order chi connectivity index (χ1) is 13.3. The summed E-state index contributed by atoms with van der Waals surface area (Å²) in [7, 11) is 0. The summed E-state index contributed by atoms with van der Waals surface area (Å²) in [5, 5.41) is 6.47. The van der Waals surface area contributed by atoms with Crippen molar-refractivity contribution in [3.8, 4) is 0 Å². The van der Waals surface area contributed by atoms with Gasteiger partial charge in [-0.3, -0.25) is 9.59 Å². The smallest absolute Gasteiger partial charge is 0.311 e. The molecule has 1 amide bonds. The number of anilines is 1. The Balaban J connectivity index is 1.65. The molecule has 0 aliphatic carbocycles. The molecule has 1 atom stereocenters. The van der Waals surface area contributed by atoms with Crippen molar-refractivity contribution in [3.05, 3.63) is 52.3 Å². The van der Waals surface area contributed by atoms with Crippen molar-refractivity contribution in [2.75, 3.05) is 5.32 Å². The SMILES string of the molecule is Cc1nc2ncnn2c(C)c1CC(=O)O[C@H](C)C(=O)Nc1ccc(F)c(Cl)c1. The fraction of sp³-hybridized carbons (Fsp3) is 0.278. The number of esters is 1. The molecule has 10 heteroatoms. The van der Waals surface area contributed by atoms with Crippen LogP contribution in [0.2, 0.25) is 5.02 Å². The lowest BCUT2D eigenvalue weighted by Crippen LogP contribution is -2.30. The van der Waals surface area contributed by atoms with Crippen LogP contribution in [0.5, 0.6) is 0 Å². The predicted molar refractivity (Wildman–Crippen MR) is 99.6 cm³/mol. The van der Waals surface area contributed by atoms with E-state index in [1.165, 1.54) is 29.9 Å². The normalized spacial score (nSPS) is 12.0. The van der Waals surface area contributed by atoms with Crippen molar-refractivity contribution in [2.24, 2.45) is 0 Å². The Bertz CT molecular complexity index is 1070. The van der Waals surface area contributed by atoms with E-state index < -0.39 is 23.8 Å². The average molecular weight is 406 g/mol. The molecule has 0 fully saturated rings. The van der Waals surface area contributed by atoms with E-state index in [-0.39, 0.29) is 11.4 Å². The zero-order chi connectivity index (χ0) is 20.4. The van der Waals surface area contributed by atoms with Crippen LogP contribution in [0.1, 0.15) is 23.9 Å². The molecule has 2 aromatic heterocycles. The van der Waals surface area contributed by atoms with Crippen molar-refractivity contribution in [2.45, 2.75) is 33.3 Å². The monoisotopic (exact) mass is 405 g/mol. The molecular weight excluding hydrogens is 389 g/mol. The maximum atomic E-state index is 13.2. The number of fused-ring (bicyclic) bond motifs is 1. The van der Waals surface area contributed by atoms with Gasteiger partial charge in [-0.25, -0.2) is 13.9 Å². The summed E-state index contributed by atoms with van der Waals surface area (Å²) in [4.78, 5) is 32.8. The van der Waals surface area contributed by atoms with Crippen LogP contribution in [-0.4, -0.2) is 37.6 Å². The summed E-state index contributed by atoms with van der Waals surface area (Å²) in [6.45, 7) is 5.00. The van der Waals surface area contributed by atoms with Crippen LogP contribution in [0.4, 0.5) is 10.1 Å². The summed E-state index contributed by atoms with van der Waals surface area (Å²) in [5.41, 5.74) is 2.30. The van der Waals surface area contributed by atoms with Crippen molar-refractivity contribution in [1.29, 1.82) is 0 Å². The lowest BCUT2D eigenvalue weighted by molar-refractivity contribution is -0.152. The minimum absolute atomic E-state index is 0.0690. The number of carbonyl (C=O) groups excluding carboxylic acids is 2. The average Bonchev–Trinajstić information content (AvgIpc) is 3.10. The van der Waals surface area contributed by atoms with Gasteiger partial charge < -0.3 is 10.1 Å². The number of aromatic nitrogens is 4. The number of hydrogen-bond acceptors (Lipinski definition) is 6. The summed E-state index contributed by atoms with van der Waals surface area (Å²) >= 11 is 5.69. The Hall–Kier alpha value is -3.07. The first-order valence-corrected chi connectivity index (χ1v) is 8.75. The van der Waals surface area contributed by atoms with Gasteiger partial charge in [-0.2, -0.15) is 10.1 Å². The van der Waals surface area contributed by atoms with Crippen molar-refractivity contribution < 1.29 is 18.7 Å². The van der Waals surface area contributed by atoms with E-state index in [1.54, 1.807) is 13.8 Å². The van der Waals surface area contributed by atoms with E-state index in [2.05, 4.69) is 20.4 Å². The molecule has 146 valence electrons. The number of ether oxygens (including phenoxy) is 1. The van der Waals surface area contributed by atoms with Crippen LogP contribution in [0.15, 0.2) is 24.5 Å². The van der Waals surface area contributed by atoms with Gasteiger partial charge in [0.1, 0.15) is 12.1 Å². The molecule has 0 aliphatic heterocycles. The maximum Gasteiger partial charge on any atom is 0.311 e. The largest absolute Gasteiger partial charge is 0.452 e. The fourth-order valence-corrected chi connectivity index (χ4v) is 2.85. The molecule has 0 spiro atoms. The second-order valence-corrected chi connectivity index (χ2v) is 6.57. The van der Waals surface area contributed by atoms with Crippen LogP contribution < -0.4 is 5.32 Å². The van der Waals surface area contributed by atoms with E-state index in [0.29, 0.717) is 22.7 Å². The van der Waals surface area contributed by atoms with Crippen molar-refractivity contribution in [3.63, 3.8) is 0 Å². The maximum absolute atomic E-state index is 13.2. The number of amides is 1. The van der Waals surface area contributed by atoms with E-state index >= 15 is 0 Å². The van der Waals surface area contributed by atoms with Gasteiger partial charge in [0.05, 0.1) is 11.4 Å². The summed E-state index contributed by atoms with van der Waals surface area (Å²) in [5.74, 6) is -1.30. The highest BCUT2D eigenvalue weighted by atomic mass is 35.5. The van der Waals surface area contributed by atoms with E-state index in [9.17, 15) is 14.0 Å². The molecule has 0 saturated heterocycles. The lowest BCUT2D eigenvalue weighted by Gasteiger charge is -2.15. The molecule has 3 rings (SSSR count). The molecule has 1 N–H and O–H groups in total. The van der Waals surface area contributed by atoms with Crippen molar-refractivity contribution in [1.82, 2.24) is 19.6 Å². The number of nitrogens with zero attached hydrogens (tertiary/aromatic N) is 4. The van der Waals surface area contributed by atoms with E-state index in [4.69, 9.17) is 16.3 Å². The van der Waals surface area contributed by atoms with Gasteiger partial charge >= 0.3 is 5.97 Å². The quantitative estimate of drug-likeness (QED) is 0.655. The molecule has 8 nitrogen and oxygen atoms in total. The van der Waals surface area contributed by atoms with Gasteiger partial charge in [0.25, 0.3) is 11.7 Å². The Morgan fingerprint density at radius 2 is 2.11 bits per heavy atom. The Kier molecular flexibility index (Phi) is 5.55. The molecular formula is C18H17ClFN5O3. The highest BCUT2D eigenvalue weighted by Gasteiger charge is 2.21. The first kappa shape index (κ1) is 19.7. The molecule has 1 aromatic carbocycles. The molecule has 0 aliphatic rings. The standard InChI is InChI=1S/C18H17ClFN5O3/c1-9-13(10(2)25-18(23-9)21-8-22-25)7-16(26)28-11(3)17(27)24-12-4-5-15(20)14(19)6-12/h4-6,8,11H,7H2,1-3H3,(H,24,27)/t11-/m1/s1. The Labute approximate surface area is 164 Å². The molecule has 28 heavy (non-hydrogen) atoms. The van der Waals surface area contributed by atoms with Crippen LogP contribution in [0.3, 0.4) is 0 Å². The molecule has 3 aromatic rings. The fourth-order valence-electron chi connectivity index (χ4n) is 2.67. The number of hydrogen-bond donors (Lipinski definition) is 1. The molecule has 0 bridgehead atoms. The second-order valence-electron chi connectivity index (χ2n) is 6.16. The highest BCUT2D eigenvalue weighted by Crippen LogP contribution is 2.20. The van der Waals surface area contributed by atoms with Crippen LogP contribution in [-0.2, 0) is 20.7 Å². The van der Waals surface area contributed by atoms with Gasteiger partial charge in [-0.05, 0) is 39.0 Å². The lowest BCUT2D eigenvalue weighted by atomic mass is 10.1. The van der Waals surface area contributed by atoms with Gasteiger partial charge in [0.15, 0.2) is 6.10 Å². The minimum atomic E-state index is -1.06. The van der Waals surface area contributed by atoms with E-state index in [0.717, 1.165) is 11.8 Å². The van der Waals surface area contributed by atoms with Gasteiger partial charge in [-0.15, -0.1) is 0 Å². The zero-order valence-electron chi connectivity index (χ0n) is 15.4. The molecule has 0 radical (unpaired) electrons. The third kappa shape index (κ3) is 4.09. The highest BCUT2D eigenvalue weighted by molar-refractivity contribution is 6.31. The number of nitrogens with one attached hydrogen (secondary N) is 1. The number of carbonyl (C=O) groups is 2. The second kappa shape index (κ2) is 7.89. The Morgan fingerprint density at radius 3 is 2.82 bits per heavy atom. The molecule has 0 unspecified atom stereocenters. The Morgan fingerprint density at radius 1 is 1.36 bits per heavy atom. The summed E-state index contributed by atoms with van der Waals surface area (Å²) in [6, 6.07) is 3.77. The van der Waals surface area contributed by atoms with Gasteiger partial charge in [0.2, 0.25) is 0 Å². The van der Waals surface area contributed by atoms with Gasteiger partial charge in [-0.1, -0.05) is 11.6 Å². The molecule has 0 saturated carbocycles. The number of rotatable bonds is 5. The van der Waals surface area contributed by atoms with E-state index in [1.807, 2.05) is 0 Å². The van der Waals surface area contributed by atoms with Crippen molar-refractivity contribution >= 4 is 34.9 Å². The number of benzene rings is 1. The predicted octanol–water partition coefficient (Wildman–Crippen LogP) is 2.65. The number of aryl methyl sites for hydroxylation is 2. The minimum Gasteiger partial charge on any atom is -0.452 e. The van der Waals surface area contributed by atoms with Crippen LogP contribution in [0, 0.1) is 19.7 Å². The van der Waals surface area contributed by atoms with Crippen LogP contribution >= 0.6 is 11.6 Å². The summed E-state index contributed by atoms with van der Waals surface area (Å²) in [6.07, 6.45) is 0.255. The first-order valence-electron chi connectivity index (χ1n) is 8.37. The third-order valence-electron chi connectivity index (χ3n) is 4.17. The topological polar surface area (TPSA) is 98.5 Å². The zero-order valence-corrected chi connectivity index (χ0v) is 16.1. The van der Waals surface area contributed by atoms with Gasteiger partial charge in [0, 0.05) is 22.6 Å². The third-order valence-corrected chi connectivity index (χ3v) is 4.46. The molecule has 2 heterocycles. The number of halogens is 2.